The van der Waals surface area contributed by atoms with Crippen LogP contribution in [0.1, 0.15) is 10.4 Å². The van der Waals surface area contributed by atoms with Crippen LogP contribution in [0.25, 0.3) is 11.3 Å². The van der Waals surface area contributed by atoms with Gasteiger partial charge < -0.3 is 0 Å². The fourth-order valence-corrected chi connectivity index (χ4v) is 3.87. The molecule has 8 heteroatoms. The molecule has 0 saturated heterocycles. The van der Waals surface area contributed by atoms with E-state index >= 15 is 0 Å². The Morgan fingerprint density at radius 1 is 1.17 bits per heavy atom. The number of carbonyl (C=O) groups is 1. The maximum absolute atomic E-state index is 13.4. The summed E-state index contributed by atoms with van der Waals surface area (Å²) in [5.41, 5.74) is 0.650. The number of benzene rings is 1. The molecule has 2 heterocycles. The minimum absolute atomic E-state index is 0.0868. The van der Waals surface area contributed by atoms with E-state index in [0.29, 0.717) is 11.8 Å². The second kappa shape index (κ2) is 6.18. The number of hydrogen-bond acceptors (Lipinski definition) is 4. The smallest absolute Gasteiger partial charge is 0.268 e. The Hall–Kier alpha value is -2.51. The Kier molecular flexibility index (Phi) is 4.21. The highest BCUT2D eigenvalue weighted by Gasteiger charge is 2.23. The summed E-state index contributed by atoms with van der Waals surface area (Å²) >= 11 is 6.04. The van der Waals surface area contributed by atoms with Gasteiger partial charge in [-0.05, 0) is 36.4 Å². The summed E-state index contributed by atoms with van der Waals surface area (Å²) in [6.45, 7) is 0. The van der Waals surface area contributed by atoms with Crippen LogP contribution in [0.3, 0.4) is 0 Å². The third-order valence-corrected chi connectivity index (χ3v) is 5.30. The van der Waals surface area contributed by atoms with Crippen LogP contribution >= 0.6 is 11.6 Å². The number of halogens is 2. The van der Waals surface area contributed by atoms with Crippen molar-refractivity contribution in [1.82, 2.24) is 8.96 Å². The quantitative estimate of drug-likeness (QED) is 0.525. The fourth-order valence-electron chi connectivity index (χ4n) is 2.24. The summed E-state index contributed by atoms with van der Waals surface area (Å²) in [5.74, 6) is -0.681. The normalized spacial score (nSPS) is 11.4. The predicted octanol–water partition coefficient (Wildman–Crippen LogP) is 3.39. The lowest BCUT2D eigenvalue weighted by Gasteiger charge is -2.11. The zero-order valence-electron chi connectivity index (χ0n) is 12.1. The van der Waals surface area contributed by atoms with Gasteiger partial charge in [0.1, 0.15) is 11.0 Å². The van der Waals surface area contributed by atoms with Gasteiger partial charge >= 0.3 is 0 Å². The molecule has 3 rings (SSSR count). The average molecular weight is 365 g/mol. The molecular weight excluding hydrogens is 355 g/mol. The van der Waals surface area contributed by atoms with Crippen LogP contribution in [-0.2, 0) is 10.0 Å². The van der Waals surface area contributed by atoms with E-state index in [0.717, 1.165) is 22.3 Å². The number of hydrogen-bond donors (Lipinski definition) is 0. The van der Waals surface area contributed by atoms with Crippen LogP contribution < -0.4 is 0 Å². The van der Waals surface area contributed by atoms with Gasteiger partial charge in [0.2, 0.25) is 0 Å². The molecule has 0 fully saturated rings. The minimum atomic E-state index is -4.11. The van der Waals surface area contributed by atoms with Crippen molar-refractivity contribution in [2.75, 3.05) is 0 Å². The van der Waals surface area contributed by atoms with Crippen LogP contribution in [-0.4, -0.2) is 23.7 Å². The number of aldehydes is 1. The van der Waals surface area contributed by atoms with Gasteiger partial charge in [-0.2, -0.15) is 0 Å². The van der Waals surface area contributed by atoms with Crippen LogP contribution in [0.5, 0.6) is 0 Å². The summed E-state index contributed by atoms with van der Waals surface area (Å²) in [4.78, 5) is 14.8. The van der Waals surface area contributed by atoms with Crippen LogP contribution in [0.15, 0.2) is 59.8 Å². The Morgan fingerprint density at radius 2 is 1.96 bits per heavy atom. The lowest BCUT2D eigenvalue weighted by Crippen LogP contribution is -2.13. The van der Waals surface area contributed by atoms with E-state index in [1.165, 1.54) is 24.4 Å². The lowest BCUT2D eigenvalue weighted by molar-refractivity contribution is 0.112. The number of carbonyl (C=O) groups excluding carboxylic acids is 1. The molecule has 0 aliphatic heterocycles. The lowest BCUT2D eigenvalue weighted by atomic mass is 10.2. The minimum Gasteiger partial charge on any atom is -0.298 e. The molecule has 24 heavy (non-hydrogen) atoms. The summed E-state index contributed by atoms with van der Waals surface area (Å²) < 4.78 is 40.0. The molecular formula is C16H10ClFN2O3S. The predicted molar refractivity (Wildman–Crippen MR) is 87.0 cm³/mol. The molecule has 0 atom stereocenters. The van der Waals surface area contributed by atoms with Crippen molar-refractivity contribution < 1.29 is 17.6 Å². The monoisotopic (exact) mass is 364 g/mol. The largest absolute Gasteiger partial charge is 0.298 e. The summed E-state index contributed by atoms with van der Waals surface area (Å²) in [6.07, 6.45) is 3.14. The SMILES string of the molecule is O=Cc1cc(-c2cccnc2Cl)n(S(=O)(=O)c2cccc(F)c2)c1. The molecule has 0 aliphatic rings. The van der Waals surface area contributed by atoms with Crippen LogP contribution in [0.4, 0.5) is 4.39 Å². The van der Waals surface area contributed by atoms with Gasteiger partial charge in [0.05, 0.1) is 10.6 Å². The van der Waals surface area contributed by atoms with Crippen molar-refractivity contribution >= 4 is 27.9 Å². The Bertz CT molecular complexity index is 1030. The molecule has 0 N–H and O–H groups in total. The first kappa shape index (κ1) is 16.4. The van der Waals surface area contributed by atoms with Crippen molar-refractivity contribution in [3.8, 4) is 11.3 Å². The number of pyridine rings is 1. The van der Waals surface area contributed by atoms with E-state index in [1.54, 1.807) is 12.1 Å². The van der Waals surface area contributed by atoms with Gasteiger partial charge in [-0.15, -0.1) is 0 Å². The average Bonchev–Trinajstić information content (AvgIpc) is 3.00. The van der Waals surface area contributed by atoms with E-state index < -0.39 is 15.8 Å². The number of nitrogens with zero attached hydrogens (tertiary/aromatic N) is 2. The van der Waals surface area contributed by atoms with E-state index in [4.69, 9.17) is 11.6 Å². The van der Waals surface area contributed by atoms with Gasteiger partial charge in [0, 0.05) is 23.5 Å². The maximum Gasteiger partial charge on any atom is 0.268 e. The molecule has 2 aromatic heterocycles. The Balaban J connectivity index is 2.27. The summed E-state index contributed by atoms with van der Waals surface area (Å²) in [7, 11) is -4.11. The van der Waals surface area contributed by atoms with Crippen molar-refractivity contribution in [2.24, 2.45) is 0 Å². The molecule has 0 unspecified atom stereocenters. The summed E-state index contributed by atoms with van der Waals surface area (Å²) in [5, 5.41) is 0.0868. The van der Waals surface area contributed by atoms with Crippen LogP contribution in [0, 0.1) is 5.82 Å². The molecule has 122 valence electrons. The molecule has 5 nitrogen and oxygen atoms in total. The van der Waals surface area contributed by atoms with Crippen molar-refractivity contribution in [3.05, 3.63) is 71.4 Å². The highest BCUT2D eigenvalue weighted by Crippen LogP contribution is 2.30. The zero-order valence-corrected chi connectivity index (χ0v) is 13.6. The van der Waals surface area contributed by atoms with E-state index in [1.807, 2.05) is 0 Å². The highest BCUT2D eigenvalue weighted by molar-refractivity contribution is 7.90. The second-order valence-electron chi connectivity index (χ2n) is 4.88. The van der Waals surface area contributed by atoms with Crippen molar-refractivity contribution in [3.63, 3.8) is 0 Å². The third-order valence-electron chi connectivity index (χ3n) is 3.33. The Labute approximate surface area is 142 Å². The van der Waals surface area contributed by atoms with Crippen molar-refractivity contribution in [2.45, 2.75) is 4.90 Å². The van der Waals surface area contributed by atoms with Crippen molar-refractivity contribution in [1.29, 1.82) is 0 Å². The molecule has 0 amide bonds. The second-order valence-corrected chi connectivity index (χ2v) is 7.05. The molecule has 0 bridgehead atoms. The van der Waals surface area contributed by atoms with E-state index in [9.17, 15) is 17.6 Å². The first-order chi connectivity index (χ1) is 11.4. The van der Waals surface area contributed by atoms with Gasteiger partial charge in [-0.3, -0.25) is 4.79 Å². The topological polar surface area (TPSA) is 69.0 Å². The molecule has 0 radical (unpaired) electrons. The Morgan fingerprint density at radius 3 is 2.62 bits per heavy atom. The number of rotatable bonds is 4. The molecule has 3 aromatic rings. The molecule has 0 saturated carbocycles. The molecule has 0 aliphatic carbocycles. The highest BCUT2D eigenvalue weighted by atomic mass is 35.5. The first-order valence-corrected chi connectivity index (χ1v) is 8.55. The first-order valence-electron chi connectivity index (χ1n) is 6.73. The standard InChI is InChI=1S/C16H10ClFN2O3S/c17-16-14(5-2-6-19-16)15-7-11(10-21)9-20(15)24(22,23)13-4-1-3-12(18)8-13/h1-10H. The molecule has 0 spiro atoms. The van der Waals surface area contributed by atoms with Gasteiger partial charge in [-0.1, -0.05) is 17.7 Å². The maximum atomic E-state index is 13.4. The zero-order chi connectivity index (χ0) is 17.3. The van der Waals surface area contributed by atoms with Gasteiger partial charge in [-0.25, -0.2) is 21.8 Å². The van der Waals surface area contributed by atoms with Gasteiger partial charge in [0.15, 0.2) is 6.29 Å². The van der Waals surface area contributed by atoms with E-state index in [-0.39, 0.29) is 21.3 Å². The fraction of sp³-hybridized carbons (Fsp3) is 0. The van der Waals surface area contributed by atoms with E-state index in [2.05, 4.69) is 4.98 Å². The number of aromatic nitrogens is 2. The third kappa shape index (κ3) is 2.83. The summed E-state index contributed by atoms with van der Waals surface area (Å²) in [6, 6.07) is 9.17. The molecule has 1 aromatic carbocycles. The van der Waals surface area contributed by atoms with Crippen LogP contribution in [0.2, 0.25) is 5.15 Å². The van der Waals surface area contributed by atoms with Gasteiger partial charge in [0.25, 0.3) is 10.0 Å².